The molecule has 0 unspecified atom stereocenters. The Labute approximate surface area is 126 Å². The highest BCUT2D eigenvalue weighted by Crippen LogP contribution is 2.28. The van der Waals surface area contributed by atoms with Crippen LogP contribution in [0, 0.1) is 6.92 Å². The Balaban J connectivity index is 2.34. The first kappa shape index (κ1) is 14.9. The van der Waals surface area contributed by atoms with Crippen LogP contribution in [0.25, 0.3) is 0 Å². The molecule has 0 bridgehead atoms. The summed E-state index contributed by atoms with van der Waals surface area (Å²) in [5.41, 5.74) is 10.6. The molecule has 0 amide bonds. The van der Waals surface area contributed by atoms with Gasteiger partial charge in [-0.2, -0.15) is 0 Å². The van der Waals surface area contributed by atoms with Gasteiger partial charge in [0.1, 0.15) is 0 Å². The maximum Gasteiger partial charge on any atom is 0.0471 e. The first-order valence-corrected chi connectivity index (χ1v) is 7.32. The minimum Gasteiger partial charge on any atom is -0.367 e. The number of rotatable bonds is 5. The molecule has 0 saturated carbocycles. The number of hydrogen-bond donors (Lipinski definition) is 1. The summed E-state index contributed by atoms with van der Waals surface area (Å²) in [5.74, 6) is 0. The van der Waals surface area contributed by atoms with Gasteiger partial charge in [0.2, 0.25) is 0 Å². The lowest BCUT2D eigenvalue weighted by atomic mass is 10.1. The molecule has 0 aliphatic rings. The van der Waals surface area contributed by atoms with E-state index in [1.54, 1.807) is 0 Å². The van der Waals surface area contributed by atoms with Crippen LogP contribution in [0.1, 0.15) is 23.6 Å². The van der Waals surface area contributed by atoms with Crippen LogP contribution in [0.3, 0.4) is 0 Å². The lowest BCUT2D eigenvalue weighted by Gasteiger charge is -2.27. The molecule has 0 aromatic heterocycles. The summed E-state index contributed by atoms with van der Waals surface area (Å²) in [6, 6.07) is 14.4. The molecule has 0 heterocycles. The highest BCUT2D eigenvalue weighted by Gasteiger charge is 2.12. The average Bonchev–Trinajstić information content (AvgIpc) is 2.46. The van der Waals surface area contributed by atoms with Gasteiger partial charge in [0.15, 0.2) is 0 Å². The third-order valence-corrected chi connectivity index (χ3v) is 4.00. The van der Waals surface area contributed by atoms with E-state index in [9.17, 15) is 0 Å². The summed E-state index contributed by atoms with van der Waals surface area (Å²) in [4.78, 5) is 2.32. The lowest BCUT2D eigenvalue weighted by Crippen LogP contribution is -2.24. The third-order valence-electron chi connectivity index (χ3n) is 3.64. The first-order valence-electron chi connectivity index (χ1n) is 6.94. The second-order valence-corrected chi connectivity index (χ2v) is 5.29. The summed E-state index contributed by atoms with van der Waals surface area (Å²) in [7, 11) is 0. The van der Waals surface area contributed by atoms with Crippen molar-refractivity contribution in [3.8, 4) is 0 Å². The number of aryl methyl sites for hydroxylation is 1. The zero-order chi connectivity index (χ0) is 14.5. The van der Waals surface area contributed by atoms with Crippen LogP contribution in [0.2, 0.25) is 5.02 Å². The molecule has 2 aromatic carbocycles. The minimum absolute atomic E-state index is 0.458. The largest absolute Gasteiger partial charge is 0.367 e. The number of halogens is 1. The molecule has 0 saturated heterocycles. The fourth-order valence-electron chi connectivity index (χ4n) is 2.41. The monoisotopic (exact) mass is 288 g/mol. The van der Waals surface area contributed by atoms with E-state index >= 15 is 0 Å². The van der Waals surface area contributed by atoms with Crippen LogP contribution >= 0.6 is 11.6 Å². The van der Waals surface area contributed by atoms with E-state index in [1.165, 1.54) is 11.1 Å². The fourth-order valence-corrected chi connectivity index (χ4v) is 2.65. The zero-order valence-electron chi connectivity index (χ0n) is 12.1. The number of nitrogens with two attached hydrogens (primary N) is 1. The van der Waals surface area contributed by atoms with Crippen molar-refractivity contribution in [2.75, 3.05) is 11.4 Å². The normalized spacial score (nSPS) is 10.6. The molecule has 3 heteroatoms. The van der Waals surface area contributed by atoms with Crippen molar-refractivity contribution < 1.29 is 0 Å². The molecule has 20 heavy (non-hydrogen) atoms. The van der Waals surface area contributed by atoms with Gasteiger partial charge < -0.3 is 10.6 Å². The maximum absolute atomic E-state index is 6.26. The Morgan fingerprint density at radius 1 is 1.10 bits per heavy atom. The summed E-state index contributed by atoms with van der Waals surface area (Å²) in [5, 5.41) is 0.744. The van der Waals surface area contributed by atoms with E-state index < -0.39 is 0 Å². The van der Waals surface area contributed by atoms with E-state index in [4.69, 9.17) is 17.3 Å². The minimum atomic E-state index is 0.458. The molecule has 0 aliphatic carbocycles. The van der Waals surface area contributed by atoms with E-state index in [-0.39, 0.29) is 0 Å². The molecular weight excluding hydrogens is 268 g/mol. The summed E-state index contributed by atoms with van der Waals surface area (Å²) in [6.07, 6.45) is 0. The smallest absolute Gasteiger partial charge is 0.0471 e. The van der Waals surface area contributed by atoms with Gasteiger partial charge in [-0.25, -0.2) is 0 Å². The number of hydrogen-bond acceptors (Lipinski definition) is 2. The van der Waals surface area contributed by atoms with Crippen molar-refractivity contribution in [3.63, 3.8) is 0 Å². The van der Waals surface area contributed by atoms with Crippen LogP contribution in [-0.2, 0) is 13.1 Å². The molecule has 0 spiro atoms. The Morgan fingerprint density at radius 3 is 2.50 bits per heavy atom. The Kier molecular flexibility index (Phi) is 5.05. The first-order chi connectivity index (χ1) is 9.67. The third kappa shape index (κ3) is 3.14. The van der Waals surface area contributed by atoms with Gasteiger partial charge in [-0.1, -0.05) is 41.9 Å². The van der Waals surface area contributed by atoms with Crippen LogP contribution in [0.15, 0.2) is 42.5 Å². The van der Waals surface area contributed by atoms with Crippen molar-refractivity contribution >= 4 is 17.3 Å². The Hall–Kier alpha value is -1.51. The topological polar surface area (TPSA) is 29.3 Å². The quantitative estimate of drug-likeness (QED) is 0.896. The van der Waals surface area contributed by atoms with Crippen molar-refractivity contribution in [1.82, 2.24) is 0 Å². The SMILES string of the molecule is CCN(Cc1ccccc1C)c1cccc(Cl)c1CN. The molecule has 106 valence electrons. The molecule has 2 rings (SSSR count). The maximum atomic E-state index is 6.26. The molecular formula is C17H21ClN2. The van der Waals surface area contributed by atoms with Crippen molar-refractivity contribution in [3.05, 3.63) is 64.2 Å². The van der Waals surface area contributed by atoms with Crippen LogP contribution in [0.4, 0.5) is 5.69 Å². The van der Waals surface area contributed by atoms with Crippen LogP contribution in [-0.4, -0.2) is 6.54 Å². The van der Waals surface area contributed by atoms with E-state index in [0.717, 1.165) is 29.4 Å². The average molecular weight is 289 g/mol. The highest BCUT2D eigenvalue weighted by atomic mass is 35.5. The molecule has 2 aromatic rings. The van der Waals surface area contributed by atoms with E-state index in [1.807, 2.05) is 12.1 Å². The standard InChI is InChI=1S/C17H21ClN2/c1-3-20(12-14-8-5-4-7-13(14)2)17-10-6-9-16(18)15(17)11-19/h4-10H,3,11-12,19H2,1-2H3. The molecule has 0 aliphatic heterocycles. The van der Waals surface area contributed by atoms with Crippen LogP contribution < -0.4 is 10.6 Å². The van der Waals surface area contributed by atoms with Crippen molar-refractivity contribution in [2.24, 2.45) is 5.73 Å². The molecule has 0 atom stereocenters. The van der Waals surface area contributed by atoms with Gasteiger partial charge in [-0.05, 0) is 37.1 Å². The van der Waals surface area contributed by atoms with E-state index in [0.29, 0.717) is 6.54 Å². The molecule has 0 radical (unpaired) electrons. The second kappa shape index (κ2) is 6.78. The van der Waals surface area contributed by atoms with E-state index in [2.05, 4.69) is 49.1 Å². The van der Waals surface area contributed by atoms with Crippen LogP contribution in [0.5, 0.6) is 0 Å². The number of anilines is 1. The highest BCUT2D eigenvalue weighted by molar-refractivity contribution is 6.31. The van der Waals surface area contributed by atoms with Gasteiger partial charge >= 0.3 is 0 Å². The number of nitrogens with zero attached hydrogens (tertiary/aromatic N) is 1. The Bertz CT molecular complexity index is 581. The Morgan fingerprint density at radius 2 is 1.85 bits per heavy atom. The zero-order valence-corrected chi connectivity index (χ0v) is 12.8. The fraction of sp³-hybridized carbons (Fsp3) is 0.294. The van der Waals surface area contributed by atoms with Gasteiger partial charge in [0, 0.05) is 35.9 Å². The second-order valence-electron chi connectivity index (χ2n) is 4.88. The predicted molar refractivity (Wildman–Crippen MR) is 87.2 cm³/mol. The molecule has 2 nitrogen and oxygen atoms in total. The molecule has 0 fully saturated rings. The molecule has 2 N–H and O–H groups in total. The lowest BCUT2D eigenvalue weighted by molar-refractivity contribution is 0.817. The van der Waals surface area contributed by atoms with Gasteiger partial charge in [-0.3, -0.25) is 0 Å². The predicted octanol–water partition coefficient (Wildman–Crippen LogP) is 4.13. The summed E-state index contributed by atoms with van der Waals surface area (Å²) >= 11 is 6.26. The van der Waals surface area contributed by atoms with Crippen molar-refractivity contribution in [1.29, 1.82) is 0 Å². The summed E-state index contributed by atoms with van der Waals surface area (Å²) < 4.78 is 0. The van der Waals surface area contributed by atoms with Gasteiger partial charge in [0.25, 0.3) is 0 Å². The van der Waals surface area contributed by atoms with Gasteiger partial charge in [-0.15, -0.1) is 0 Å². The van der Waals surface area contributed by atoms with Gasteiger partial charge in [0.05, 0.1) is 0 Å². The van der Waals surface area contributed by atoms with Crippen molar-refractivity contribution in [2.45, 2.75) is 26.9 Å². The number of benzene rings is 2. The summed E-state index contributed by atoms with van der Waals surface area (Å²) in [6.45, 7) is 6.54.